The lowest BCUT2D eigenvalue weighted by molar-refractivity contribution is 0.202. The van der Waals surface area contributed by atoms with E-state index in [1.807, 2.05) is 13.1 Å². The van der Waals surface area contributed by atoms with Crippen molar-refractivity contribution in [3.05, 3.63) is 29.6 Å². The fourth-order valence-electron chi connectivity index (χ4n) is 2.76. The molecule has 1 atom stereocenters. The average molecular weight is 280 g/mol. The molecule has 1 N–H and O–H groups in total. The normalized spacial score (nSPS) is 16.2. The summed E-state index contributed by atoms with van der Waals surface area (Å²) in [6.45, 7) is 4.22. The molecule has 0 bridgehead atoms. The SMILES string of the molecule is CNCc1cccc(F)c1N(CCOC)C(C)C1CC1. The van der Waals surface area contributed by atoms with E-state index in [-0.39, 0.29) is 5.82 Å². The molecule has 112 valence electrons. The molecule has 1 aliphatic carbocycles. The monoisotopic (exact) mass is 280 g/mol. The molecule has 0 heterocycles. The van der Waals surface area contributed by atoms with Crippen LogP contribution >= 0.6 is 0 Å². The molecular weight excluding hydrogens is 255 g/mol. The van der Waals surface area contributed by atoms with Gasteiger partial charge in [-0.1, -0.05) is 12.1 Å². The highest BCUT2D eigenvalue weighted by molar-refractivity contribution is 5.56. The van der Waals surface area contributed by atoms with Crippen LogP contribution in [0.25, 0.3) is 0 Å². The lowest BCUT2D eigenvalue weighted by atomic mass is 10.1. The maximum Gasteiger partial charge on any atom is 0.146 e. The zero-order valence-corrected chi connectivity index (χ0v) is 12.7. The molecule has 0 aliphatic heterocycles. The molecule has 3 nitrogen and oxygen atoms in total. The van der Waals surface area contributed by atoms with Crippen molar-refractivity contribution in [2.24, 2.45) is 5.92 Å². The molecule has 1 aromatic rings. The van der Waals surface area contributed by atoms with E-state index in [0.29, 0.717) is 25.1 Å². The van der Waals surface area contributed by atoms with Crippen LogP contribution in [0.2, 0.25) is 0 Å². The molecule has 20 heavy (non-hydrogen) atoms. The lowest BCUT2D eigenvalue weighted by Gasteiger charge is -2.33. The Morgan fingerprint density at radius 1 is 1.45 bits per heavy atom. The Balaban J connectivity index is 2.30. The van der Waals surface area contributed by atoms with E-state index < -0.39 is 0 Å². The van der Waals surface area contributed by atoms with Gasteiger partial charge in [-0.15, -0.1) is 0 Å². The van der Waals surface area contributed by atoms with Gasteiger partial charge in [-0.2, -0.15) is 0 Å². The molecule has 1 unspecified atom stereocenters. The number of hydrogen-bond donors (Lipinski definition) is 1. The van der Waals surface area contributed by atoms with Gasteiger partial charge in [0.15, 0.2) is 0 Å². The predicted molar refractivity (Wildman–Crippen MR) is 80.6 cm³/mol. The highest BCUT2D eigenvalue weighted by atomic mass is 19.1. The number of rotatable bonds is 8. The first-order valence-corrected chi connectivity index (χ1v) is 7.36. The van der Waals surface area contributed by atoms with E-state index in [4.69, 9.17) is 4.74 Å². The summed E-state index contributed by atoms with van der Waals surface area (Å²) in [7, 11) is 3.58. The molecule has 0 aromatic heterocycles. The van der Waals surface area contributed by atoms with Gasteiger partial charge in [-0.25, -0.2) is 4.39 Å². The Morgan fingerprint density at radius 3 is 2.80 bits per heavy atom. The zero-order valence-electron chi connectivity index (χ0n) is 12.7. The minimum absolute atomic E-state index is 0.138. The molecular formula is C16H25FN2O. The van der Waals surface area contributed by atoms with Gasteiger partial charge in [0.1, 0.15) is 5.82 Å². The number of hydrogen-bond acceptors (Lipinski definition) is 3. The van der Waals surface area contributed by atoms with E-state index >= 15 is 0 Å². The van der Waals surface area contributed by atoms with Crippen molar-refractivity contribution >= 4 is 5.69 Å². The van der Waals surface area contributed by atoms with Crippen molar-refractivity contribution in [1.29, 1.82) is 0 Å². The first kappa shape index (κ1) is 15.3. The summed E-state index contributed by atoms with van der Waals surface area (Å²) in [5.41, 5.74) is 1.74. The largest absolute Gasteiger partial charge is 0.383 e. The van der Waals surface area contributed by atoms with Gasteiger partial charge < -0.3 is 15.0 Å². The maximum atomic E-state index is 14.4. The topological polar surface area (TPSA) is 24.5 Å². The van der Waals surface area contributed by atoms with Crippen LogP contribution in [0.15, 0.2) is 18.2 Å². The minimum Gasteiger partial charge on any atom is -0.383 e. The fraction of sp³-hybridized carbons (Fsp3) is 0.625. The van der Waals surface area contributed by atoms with Gasteiger partial charge >= 0.3 is 0 Å². The molecule has 1 saturated carbocycles. The summed E-state index contributed by atoms with van der Waals surface area (Å²) < 4.78 is 19.6. The Hall–Kier alpha value is -1.13. The van der Waals surface area contributed by atoms with Crippen molar-refractivity contribution in [2.75, 3.05) is 32.2 Å². The first-order valence-electron chi connectivity index (χ1n) is 7.36. The van der Waals surface area contributed by atoms with Crippen LogP contribution in [0, 0.1) is 11.7 Å². The average Bonchev–Trinajstić information content (AvgIpc) is 3.26. The van der Waals surface area contributed by atoms with Gasteiger partial charge in [-0.3, -0.25) is 0 Å². The third-order valence-electron chi connectivity index (χ3n) is 4.06. The van der Waals surface area contributed by atoms with Crippen molar-refractivity contribution in [3.63, 3.8) is 0 Å². The maximum absolute atomic E-state index is 14.4. The van der Waals surface area contributed by atoms with Crippen LogP contribution in [0.1, 0.15) is 25.3 Å². The molecule has 1 aromatic carbocycles. The van der Waals surface area contributed by atoms with Crippen LogP contribution in [0.5, 0.6) is 0 Å². The Kier molecular flexibility index (Phi) is 5.38. The number of benzene rings is 1. The van der Waals surface area contributed by atoms with Crippen LogP contribution in [0.4, 0.5) is 10.1 Å². The van der Waals surface area contributed by atoms with E-state index in [2.05, 4.69) is 17.1 Å². The quantitative estimate of drug-likeness (QED) is 0.792. The second-order valence-corrected chi connectivity index (χ2v) is 5.54. The molecule has 1 aliphatic rings. The third-order valence-corrected chi connectivity index (χ3v) is 4.06. The second kappa shape index (κ2) is 7.04. The van der Waals surface area contributed by atoms with Crippen LogP contribution < -0.4 is 10.2 Å². The van der Waals surface area contributed by atoms with Crippen molar-refractivity contribution in [1.82, 2.24) is 5.32 Å². The summed E-state index contributed by atoms with van der Waals surface area (Å²) >= 11 is 0. The van der Waals surface area contributed by atoms with Crippen LogP contribution in [-0.2, 0) is 11.3 Å². The third kappa shape index (κ3) is 3.49. The number of nitrogens with zero attached hydrogens (tertiary/aromatic N) is 1. The first-order chi connectivity index (χ1) is 9.69. The Bertz CT molecular complexity index is 434. The summed E-state index contributed by atoms with van der Waals surface area (Å²) in [6, 6.07) is 5.68. The van der Waals surface area contributed by atoms with Gasteiger partial charge in [0.2, 0.25) is 0 Å². The highest BCUT2D eigenvalue weighted by Crippen LogP contribution is 2.38. The predicted octanol–water partition coefficient (Wildman–Crippen LogP) is 2.80. The Labute approximate surface area is 121 Å². The Morgan fingerprint density at radius 2 is 2.20 bits per heavy atom. The van der Waals surface area contributed by atoms with E-state index in [1.54, 1.807) is 19.2 Å². The molecule has 0 saturated heterocycles. The van der Waals surface area contributed by atoms with Crippen molar-refractivity contribution in [3.8, 4) is 0 Å². The van der Waals surface area contributed by atoms with Gasteiger partial charge in [0.25, 0.3) is 0 Å². The minimum atomic E-state index is -0.138. The van der Waals surface area contributed by atoms with Gasteiger partial charge in [0.05, 0.1) is 12.3 Å². The zero-order chi connectivity index (χ0) is 14.5. The molecule has 0 spiro atoms. The molecule has 4 heteroatoms. The summed E-state index contributed by atoms with van der Waals surface area (Å²) in [6.07, 6.45) is 2.50. The molecule has 1 fully saturated rings. The van der Waals surface area contributed by atoms with Crippen LogP contribution in [-0.4, -0.2) is 33.4 Å². The van der Waals surface area contributed by atoms with Gasteiger partial charge in [0, 0.05) is 26.2 Å². The molecule has 2 rings (SSSR count). The number of nitrogens with one attached hydrogen (secondary N) is 1. The molecule has 0 amide bonds. The van der Waals surface area contributed by atoms with E-state index in [9.17, 15) is 4.39 Å². The smallest absolute Gasteiger partial charge is 0.146 e. The number of halogens is 1. The van der Waals surface area contributed by atoms with E-state index in [0.717, 1.165) is 17.8 Å². The van der Waals surface area contributed by atoms with Gasteiger partial charge in [-0.05, 0) is 44.4 Å². The van der Waals surface area contributed by atoms with E-state index in [1.165, 1.54) is 12.8 Å². The summed E-state index contributed by atoms with van der Waals surface area (Å²) in [5.74, 6) is 0.551. The highest BCUT2D eigenvalue weighted by Gasteiger charge is 2.33. The summed E-state index contributed by atoms with van der Waals surface area (Å²) in [4.78, 5) is 2.18. The number of ether oxygens (including phenoxy) is 1. The standard InChI is InChI=1S/C16H25FN2O/c1-12(13-7-8-13)19(9-10-20-3)16-14(11-18-2)5-4-6-15(16)17/h4-6,12-13,18H,7-11H2,1-3H3. The number of methoxy groups -OCH3 is 1. The van der Waals surface area contributed by atoms with Crippen LogP contribution in [0.3, 0.4) is 0 Å². The lowest BCUT2D eigenvalue weighted by Crippen LogP contribution is -2.38. The molecule has 0 radical (unpaired) electrons. The van der Waals surface area contributed by atoms with Crippen molar-refractivity contribution in [2.45, 2.75) is 32.4 Å². The fourth-order valence-corrected chi connectivity index (χ4v) is 2.76. The number of para-hydroxylation sites is 1. The summed E-state index contributed by atoms with van der Waals surface area (Å²) in [5, 5.41) is 3.12. The second-order valence-electron chi connectivity index (χ2n) is 5.54. The van der Waals surface area contributed by atoms with Crippen molar-refractivity contribution < 1.29 is 9.13 Å². The number of anilines is 1.